The third-order valence-corrected chi connectivity index (χ3v) is 5.13. The van der Waals surface area contributed by atoms with Crippen LogP contribution in [0.4, 0.5) is 20.4 Å². The maximum Gasteiger partial charge on any atom is 0.273 e. The molecule has 2 amide bonds. The topological polar surface area (TPSA) is 110 Å². The lowest BCUT2D eigenvalue weighted by Gasteiger charge is -2.12. The number of benzene rings is 2. The van der Waals surface area contributed by atoms with Crippen LogP contribution >= 0.6 is 0 Å². The number of oxazole rings is 1. The van der Waals surface area contributed by atoms with E-state index in [1.54, 1.807) is 24.3 Å². The highest BCUT2D eigenvalue weighted by Gasteiger charge is 2.23. The minimum absolute atomic E-state index is 0.159. The van der Waals surface area contributed by atoms with Gasteiger partial charge in [0.1, 0.15) is 17.2 Å². The molecule has 4 rings (SSSR count). The fourth-order valence-corrected chi connectivity index (χ4v) is 3.56. The second-order valence-electron chi connectivity index (χ2n) is 7.31. The molecular formula is C22H20F2N4O3. The quantitative estimate of drug-likeness (QED) is 0.549. The number of hydrogen-bond acceptors (Lipinski definition) is 5. The SMILES string of the molecule is NC(=O)c1nc(-c2c(F)cccc2F)oc1Nc1ccc(C(=O)NC2CCCC2)cc1. The van der Waals surface area contributed by atoms with Gasteiger partial charge in [0.15, 0.2) is 5.69 Å². The van der Waals surface area contributed by atoms with Crippen LogP contribution in [-0.2, 0) is 0 Å². The van der Waals surface area contributed by atoms with Crippen molar-refractivity contribution in [2.45, 2.75) is 31.7 Å². The molecule has 0 saturated heterocycles. The second-order valence-corrected chi connectivity index (χ2v) is 7.31. The minimum Gasteiger partial charge on any atom is -0.419 e. The van der Waals surface area contributed by atoms with Gasteiger partial charge in [-0.2, -0.15) is 0 Å². The van der Waals surface area contributed by atoms with Crippen molar-refractivity contribution >= 4 is 23.4 Å². The number of anilines is 2. The highest BCUT2D eigenvalue weighted by molar-refractivity contribution is 5.97. The highest BCUT2D eigenvalue weighted by atomic mass is 19.1. The largest absolute Gasteiger partial charge is 0.419 e. The van der Waals surface area contributed by atoms with Gasteiger partial charge in [-0.05, 0) is 49.2 Å². The number of nitrogens with two attached hydrogens (primary N) is 1. The van der Waals surface area contributed by atoms with Crippen LogP contribution in [0.2, 0.25) is 0 Å². The van der Waals surface area contributed by atoms with Crippen LogP contribution in [0.1, 0.15) is 46.5 Å². The number of aromatic nitrogens is 1. The number of carbonyl (C=O) groups is 2. The molecule has 0 bridgehead atoms. The molecule has 0 radical (unpaired) electrons. The van der Waals surface area contributed by atoms with Crippen molar-refractivity contribution in [3.05, 3.63) is 65.4 Å². The van der Waals surface area contributed by atoms with Crippen LogP contribution in [0.5, 0.6) is 0 Å². The van der Waals surface area contributed by atoms with Crippen molar-refractivity contribution in [3.8, 4) is 11.5 Å². The molecule has 3 aromatic rings. The molecule has 1 heterocycles. The van der Waals surface area contributed by atoms with Crippen molar-refractivity contribution in [2.24, 2.45) is 5.73 Å². The first-order valence-corrected chi connectivity index (χ1v) is 9.85. The number of rotatable bonds is 6. The molecule has 0 spiro atoms. The predicted octanol–water partition coefficient (Wildman–Crippen LogP) is 4.13. The van der Waals surface area contributed by atoms with Crippen molar-refractivity contribution in [2.75, 3.05) is 5.32 Å². The molecule has 1 aliphatic carbocycles. The number of hydrogen-bond donors (Lipinski definition) is 3. The first-order chi connectivity index (χ1) is 14.9. The molecule has 1 aromatic heterocycles. The Labute approximate surface area is 176 Å². The van der Waals surface area contributed by atoms with Gasteiger partial charge >= 0.3 is 0 Å². The Kier molecular flexibility index (Phi) is 5.66. The van der Waals surface area contributed by atoms with E-state index in [1.165, 1.54) is 6.07 Å². The third-order valence-electron chi connectivity index (χ3n) is 5.13. The van der Waals surface area contributed by atoms with Gasteiger partial charge in [0, 0.05) is 17.3 Å². The molecule has 7 nitrogen and oxygen atoms in total. The average molecular weight is 426 g/mol. The highest BCUT2D eigenvalue weighted by Crippen LogP contribution is 2.31. The Morgan fingerprint density at radius 2 is 1.68 bits per heavy atom. The van der Waals surface area contributed by atoms with Gasteiger partial charge in [0.2, 0.25) is 11.8 Å². The van der Waals surface area contributed by atoms with Gasteiger partial charge in [-0.25, -0.2) is 13.8 Å². The van der Waals surface area contributed by atoms with E-state index in [-0.39, 0.29) is 23.5 Å². The summed E-state index contributed by atoms with van der Waals surface area (Å²) in [5.41, 5.74) is 5.48. The molecular weight excluding hydrogens is 406 g/mol. The van der Waals surface area contributed by atoms with Crippen molar-refractivity contribution in [3.63, 3.8) is 0 Å². The molecule has 0 unspecified atom stereocenters. The number of nitrogens with one attached hydrogen (secondary N) is 2. The summed E-state index contributed by atoms with van der Waals surface area (Å²) < 4.78 is 33.5. The number of carbonyl (C=O) groups excluding carboxylic acids is 2. The average Bonchev–Trinajstić information content (AvgIpc) is 3.38. The van der Waals surface area contributed by atoms with Gasteiger partial charge in [0.25, 0.3) is 11.8 Å². The molecule has 1 saturated carbocycles. The van der Waals surface area contributed by atoms with Crippen LogP contribution in [0, 0.1) is 11.6 Å². The van der Waals surface area contributed by atoms with Gasteiger partial charge in [-0.3, -0.25) is 9.59 Å². The summed E-state index contributed by atoms with van der Waals surface area (Å²) in [6.45, 7) is 0. The maximum absolute atomic E-state index is 14.1. The van der Waals surface area contributed by atoms with Crippen molar-refractivity contribution < 1.29 is 22.8 Å². The van der Waals surface area contributed by atoms with Gasteiger partial charge in [0.05, 0.1) is 0 Å². The molecule has 31 heavy (non-hydrogen) atoms. The first-order valence-electron chi connectivity index (χ1n) is 9.85. The van der Waals surface area contributed by atoms with E-state index >= 15 is 0 Å². The summed E-state index contributed by atoms with van der Waals surface area (Å²) in [7, 11) is 0. The zero-order valence-electron chi connectivity index (χ0n) is 16.5. The van der Waals surface area contributed by atoms with E-state index < -0.39 is 29.0 Å². The summed E-state index contributed by atoms with van der Waals surface area (Å²) in [5, 5.41) is 5.82. The number of halogens is 2. The summed E-state index contributed by atoms with van der Waals surface area (Å²) in [4.78, 5) is 28.0. The van der Waals surface area contributed by atoms with Crippen molar-refractivity contribution in [1.29, 1.82) is 0 Å². The van der Waals surface area contributed by atoms with Crippen LogP contribution in [-0.4, -0.2) is 22.8 Å². The number of nitrogens with zero attached hydrogens (tertiary/aromatic N) is 1. The van der Waals surface area contributed by atoms with Gasteiger partial charge in [-0.15, -0.1) is 0 Å². The zero-order valence-corrected chi connectivity index (χ0v) is 16.5. The van der Waals surface area contributed by atoms with E-state index in [9.17, 15) is 18.4 Å². The van der Waals surface area contributed by atoms with E-state index in [0.717, 1.165) is 37.8 Å². The predicted molar refractivity (Wildman–Crippen MR) is 110 cm³/mol. The fraction of sp³-hybridized carbons (Fsp3) is 0.227. The molecule has 2 aromatic carbocycles. The smallest absolute Gasteiger partial charge is 0.273 e. The third kappa shape index (κ3) is 4.40. The first kappa shape index (κ1) is 20.5. The summed E-state index contributed by atoms with van der Waals surface area (Å²) >= 11 is 0. The molecule has 1 aliphatic rings. The van der Waals surface area contributed by atoms with E-state index in [0.29, 0.717) is 11.3 Å². The number of amides is 2. The zero-order chi connectivity index (χ0) is 22.0. The standard InChI is InChI=1S/C22H20F2N4O3/c23-15-6-3-7-16(24)17(15)21-28-18(19(25)29)22(31-21)27-14-10-8-12(9-11-14)20(30)26-13-4-1-2-5-13/h3,6-11,13,27H,1-2,4-5H2,(H2,25,29)(H,26,30). The van der Waals surface area contributed by atoms with Crippen LogP contribution in [0.25, 0.3) is 11.5 Å². The van der Waals surface area contributed by atoms with Crippen molar-refractivity contribution in [1.82, 2.24) is 10.3 Å². The Bertz CT molecular complexity index is 1100. The minimum atomic E-state index is -0.929. The van der Waals surface area contributed by atoms with Gasteiger partial charge < -0.3 is 20.8 Å². The Morgan fingerprint density at radius 3 is 2.29 bits per heavy atom. The summed E-state index contributed by atoms with van der Waals surface area (Å²) in [6.07, 6.45) is 4.20. The molecule has 160 valence electrons. The number of primary amides is 1. The Morgan fingerprint density at radius 1 is 1.03 bits per heavy atom. The lowest BCUT2D eigenvalue weighted by molar-refractivity contribution is 0.0936. The molecule has 1 fully saturated rings. The van der Waals surface area contributed by atoms with E-state index in [4.69, 9.17) is 10.2 Å². The molecule has 0 aliphatic heterocycles. The molecule has 0 atom stereocenters. The van der Waals surface area contributed by atoms with E-state index in [1.807, 2.05) is 0 Å². The molecule has 9 heteroatoms. The monoisotopic (exact) mass is 426 g/mol. The van der Waals surface area contributed by atoms with Crippen LogP contribution in [0.3, 0.4) is 0 Å². The molecule has 4 N–H and O–H groups in total. The second kappa shape index (κ2) is 8.55. The fourth-order valence-electron chi connectivity index (χ4n) is 3.56. The van der Waals surface area contributed by atoms with E-state index in [2.05, 4.69) is 15.6 Å². The Hall–Kier alpha value is -3.75. The normalized spacial score (nSPS) is 13.9. The summed E-state index contributed by atoms with van der Waals surface area (Å²) in [6, 6.07) is 9.96. The summed E-state index contributed by atoms with van der Waals surface area (Å²) in [5.74, 6) is -3.44. The van der Waals surface area contributed by atoms with Crippen LogP contribution < -0.4 is 16.4 Å². The lowest BCUT2D eigenvalue weighted by Crippen LogP contribution is -2.32. The van der Waals surface area contributed by atoms with Gasteiger partial charge in [-0.1, -0.05) is 18.9 Å². The lowest BCUT2D eigenvalue weighted by atomic mass is 10.1. The van der Waals surface area contributed by atoms with Crippen LogP contribution in [0.15, 0.2) is 46.9 Å². The Balaban J connectivity index is 1.55. The maximum atomic E-state index is 14.1.